The molecular formula is C16H16Cl2N2O. The van der Waals surface area contributed by atoms with Crippen LogP contribution < -0.4 is 5.56 Å². The van der Waals surface area contributed by atoms with Crippen LogP contribution in [-0.2, 0) is 6.42 Å². The number of hydrogen-bond acceptors (Lipinski definition) is 2. The van der Waals surface area contributed by atoms with Crippen LogP contribution in [0.25, 0.3) is 5.69 Å². The van der Waals surface area contributed by atoms with Gasteiger partial charge in [-0.15, -0.1) is 0 Å². The zero-order chi connectivity index (χ0) is 15.0. The predicted octanol–water partition coefficient (Wildman–Crippen LogP) is 4.19. The molecule has 2 aromatic rings. The second-order valence-electron chi connectivity index (χ2n) is 5.59. The molecule has 1 saturated carbocycles. The molecule has 0 unspecified atom stereocenters. The van der Waals surface area contributed by atoms with Gasteiger partial charge < -0.3 is 0 Å². The van der Waals surface area contributed by atoms with Gasteiger partial charge in [0.15, 0.2) is 0 Å². The van der Waals surface area contributed by atoms with Crippen molar-refractivity contribution in [3.8, 4) is 5.69 Å². The van der Waals surface area contributed by atoms with Crippen LogP contribution in [0.2, 0.25) is 10.0 Å². The first-order chi connectivity index (χ1) is 10.1. The summed E-state index contributed by atoms with van der Waals surface area (Å²) in [5, 5.41) is 4.30. The fourth-order valence-electron chi connectivity index (χ4n) is 2.71. The van der Waals surface area contributed by atoms with E-state index in [9.17, 15) is 4.79 Å². The van der Waals surface area contributed by atoms with Crippen LogP contribution in [-0.4, -0.2) is 9.78 Å². The molecule has 5 heteroatoms. The molecule has 3 nitrogen and oxygen atoms in total. The smallest absolute Gasteiger partial charge is 0.266 e. The molecule has 1 aliphatic carbocycles. The van der Waals surface area contributed by atoms with E-state index in [2.05, 4.69) is 11.2 Å². The average molecular weight is 323 g/mol. The molecule has 0 radical (unpaired) electrons. The molecule has 0 aliphatic heterocycles. The second kappa shape index (κ2) is 5.82. The van der Waals surface area contributed by atoms with Crippen LogP contribution in [0.15, 0.2) is 29.2 Å². The van der Waals surface area contributed by atoms with Gasteiger partial charge in [-0.1, -0.05) is 54.6 Å². The van der Waals surface area contributed by atoms with Crippen molar-refractivity contribution in [2.75, 3.05) is 0 Å². The Labute approximate surface area is 133 Å². The van der Waals surface area contributed by atoms with E-state index >= 15 is 0 Å². The molecular weight excluding hydrogens is 307 g/mol. The lowest BCUT2D eigenvalue weighted by Gasteiger charge is -2.26. The van der Waals surface area contributed by atoms with Crippen molar-refractivity contribution in [3.63, 3.8) is 0 Å². The summed E-state index contributed by atoms with van der Waals surface area (Å²) in [6, 6.07) is 5.98. The largest absolute Gasteiger partial charge is 0.291 e. The van der Waals surface area contributed by atoms with Gasteiger partial charge in [0.05, 0.1) is 16.9 Å². The van der Waals surface area contributed by atoms with Crippen LogP contribution >= 0.6 is 23.2 Å². The van der Waals surface area contributed by atoms with Gasteiger partial charge in [-0.25, -0.2) is 0 Å². The first kappa shape index (κ1) is 14.6. The van der Waals surface area contributed by atoms with E-state index in [0.717, 1.165) is 23.6 Å². The van der Waals surface area contributed by atoms with Crippen LogP contribution in [0.4, 0.5) is 0 Å². The molecule has 1 aromatic heterocycles. The number of aromatic nitrogens is 2. The van der Waals surface area contributed by atoms with Crippen molar-refractivity contribution in [2.45, 2.75) is 32.6 Å². The average Bonchev–Trinajstić information content (AvgIpc) is 2.43. The summed E-state index contributed by atoms with van der Waals surface area (Å²) in [7, 11) is 0. The van der Waals surface area contributed by atoms with E-state index in [1.165, 1.54) is 35.7 Å². The first-order valence-electron chi connectivity index (χ1n) is 7.10. The monoisotopic (exact) mass is 322 g/mol. The summed E-state index contributed by atoms with van der Waals surface area (Å²) in [5.74, 6) is 0.775. The van der Waals surface area contributed by atoms with Gasteiger partial charge >= 0.3 is 0 Å². The van der Waals surface area contributed by atoms with E-state index in [-0.39, 0.29) is 15.6 Å². The van der Waals surface area contributed by atoms with Gasteiger partial charge in [0, 0.05) is 0 Å². The third kappa shape index (κ3) is 2.72. The lowest BCUT2D eigenvalue weighted by atomic mass is 9.80. The maximum absolute atomic E-state index is 12.2. The van der Waals surface area contributed by atoms with Crippen molar-refractivity contribution in [3.05, 3.63) is 55.9 Å². The zero-order valence-corrected chi connectivity index (χ0v) is 13.3. The number of rotatable bonds is 3. The van der Waals surface area contributed by atoms with Crippen molar-refractivity contribution >= 4 is 23.2 Å². The summed E-state index contributed by atoms with van der Waals surface area (Å²) in [5.41, 5.74) is 2.75. The topological polar surface area (TPSA) is 34.9 Å². The molecule has 21 heavy (non-hydrogen) atoms. The van der Waals surface area contributed by atoms with E-state index in [4.69, 9.17) is 23.2 Å². The highest BCUT2D eigenvalue weighted by molar-refractivity contribution is 6.41. The molecule has 0 spiro atoms. The number of benzene rings is 1. The molecule has 0 bridgehead atoms. The fourth-order valence-corrected chi connectivity index (χ4v) is 2.97. The Morgan fingerprint density at radius 3 is 2.76 bits per heavy atom. The molecule has 1 aromatic carbocycles. The van der Waals surface area contributed by atoms with Crippen LogP contribution in [0.3, 0.4) is 0 Å². The van der Waals surface area contributed by atoms with Gasteiger partial charge in [-0.2, -0.15) is 9.78 Å². The second-order valence-corrected chi connectivity index (χ2v) is 6.37. The Hall–Kier alpha value is -1.32. The predicted molar refractivity (Wildman–Crippen MR) is 85.6 cm³/mol. The number of nitrogens with zero attached hydrogens (tertiary/aromatic N) is 2. The molecule has 0 amide bonds. The lowest BCUT2D eigenvalue weighted by molar-refractivity contribution is 0.314. The third-order valence-corrected chi connectivity index (χ3v) is 5.00. The standard InChI is InChI=1S/C16H16Cl2N2O/c1-10-12(8-11-4-2-5-11)6-3-7-14(10)20-16(21)15(18)13(17)9-19-20/h3,6-7,9,11H,2,4-5,8H2,1H3. The van der Waals surface area contributed by atoms with E-state index < -0.39 is 0 Å². The van der Waals surface area contributed by atoms with Crippen molar-refractivity contribution in [2.24, 2.45) is 5.92 Å². The lowest BCUT2D eigenvalue weighted by Crippen LogP contribution is -2.23. The zero-order valence-electron chi connectivity index (χ0n) is 11.8. The Morgan fingerprint density at radius 2 is 2.10 bits per heavy atom. The summed E-state index contributed by atoms with van der Waals surface area (Å²) in [6.07, 6.45) is 6.40. The highest BCUT2D eigenvalue weighted by Gasteiger charge is 2.20. The Bertz CT molecular complexity index is 736. The highest BCUT2D eigenvalue weighted by Crippen LogP contribution is 2.31. The molecule has 3 rings (SSSR count). The summed E-state index contributed by atoms with van der Waals surface area (Å²) >= 11 is 11.8. The van der Waals surface area contributed by atoms with E-state index in [1.54, 1.807) is 0 Å². The SMILES string of the molecule is Cc1c(CC2CCC2)cccc1-n1ncc(Cl)c(Cl)c1=O. The summed E-state index contributed by atoms with van der Waals surface area (Å²) in [4.78, 5) is 12.2. The van der Waals surface area contributed by atoms with Gasteiger partial charge in [0.25, 0.3) is 5.56 Å². The molecule has 1 fully saturated rings. The minimum absolute atomic E-state index is 0.00969. The van der Waals surface area contributed by atoms with Crippen LogP contribution in [0.1, 0.15) is 30.4 Å². The van der Waals surface area contributed by atoms with Gasteiger partial charge in [0.2, 0.25) is 0 Å². The fraction of sp³-hybridized carbons (Fsp3) is 0.375. The van der Waals surface area contributed by atoms with Crippen molar-refractivity contribution < 1.29 is 0 Å². The summed E-state index contributed by atoms with van der Waals surface area (Å²) in [6.45, 7) is 2.03. The molecule has 1 heterocycles. The van der Waals surface area contributed by atoms with Crippen molar-refractivity contribution in [1.82, 2.24) is 9.78 Å². The van der Waals surface area contributed by atoms with Gasteiger partial charge in [-0.3, -0.25) is 4.79 Å². The third-order valence-electron chi connectivity index (χ3n) is 4.26. The van der Waals surface area contributed by atoms with E-state index in [0.29, 0.717) is 0 Å². The molecule has 0 N–H and O–H groups in total. The van der Waals surface area contributed by atoms with Crippen molar-refractivity contribution in [1.29, 1.82) is 0 Å². The van der Waals surface area contributed by atoms with Gasteiger partial charge in [-0.05, 0) is 36.5 Å². The maximum Gasteiger partial charge on any atom is 0.291 e. The summed E-state index contributed by atoms with van der Waals surface area (Å²) < 4.78 is 1.33. The maximum atomic E-state index is 12.2. The Morgan fingerprint density at radius 1 is 1.33 bits per heavy atom. The Balaban J connectivity index is 2.04. The quantitative estimate of drug-likeness (QED) is 0.849. The van der Waals surface area contributed by atoms with Crippen LogP contribution in [0, 0.1) is 12.8 Å². The normalized spacial score (nSPS) is 15.0. The molecule has 0 atom stereocenters. The Kier molecular flexibility index (Phi) is 4.05. The molecule has 0 saturated heterocycles. The molecule has 1 aliphatic rings. The first-order valence-corrected chi connectivity index (χ1v) is 7.85. The van der Waals surface area contributed by atoms with Crippen LogP contribution in [0.5, 0.6) is 0 Å². The van der Waals surface area contributed by atoms with Gasteiger partial charge in [0.1, 0.15) is 5.02 Å². The highest BCUT2D eigenvalue weighted by atomic mass is 35.5. The number of halogens is 2. The minimum Gasteiger partial charge on any atom is -0.266 e. The molecule has 110 valence electrons. The minimum atomic E-state index is -0.381. The van der Waals surface area contributed by atoms with E-state index in [1.807, 2.05) is 19.1 Å². The number of hydrogen-bond donors (Lipinski definition) is 0.